The van der Waals surface area contributed by atoms with Gasteiger partial charge in [-0.2, -0.15) is 0 Å². The zero-order chi connectivity index (χ0) is 13.1. The summed E-state index contributed by atoms with van der Waals surface area (Å²) < 4.78 is 26.3. The van der Waals surface area contributed by atoms with E-state index in [0.29, 0.717) is 6.54 Å². The highest BCUT2D eigenvalue weighted by molar-refractivity contribution is 5.45. The van der Waals surface area contributed by atoms with Crippen LogP contribution in [0.25, 0.3) is 0 Å². The van der Waals surface area contributed by atoms with Gasteiger partial charge in [0.1, 0.15) is 0 Å². The van der Waals surface area contributed by atoms with Crippen LogP contribution < -0.4 is 11.1 Å². The fraction of sp³-hybridized carbons (Fsp3) is 0.154. The van der Waals surface area contributed by atoms with E-state index < -0.39 is 11.6 Å². The monoisotopic (exact) mass is 249 g/mol. The number of benzene rings is 1. The quantitative estimate of drug-likeness (QED) is 0.879. The molecule has 0 fully saturated rings. The van der Waals surface area contributed by atoms with Crippen LogP contribution in [0.4, 0.5) is 20.4 Å². The molecule has 0 atom stereocenters. The van der Waals surface area contributed by atoms with Crippen molar-refractivity contribution >= 4 is 11.6 Å². The fourth-order valence-electron chi connectivity index (χ4n) is 1.61. The summed E-state index contributed by atoms with van der Waals surface area (Å²) in [4.78, 5) is 3.63. The highest BCUT2D eigenvalue weighted by atomic mass is 19.1. The van der Waals surface area contributed by atoms with Crippen molar-refractivity contribution in [1.82, 2.24) is 4.98 Å². The number of nitrogens with zero attached hydrogens (tertiary/aromatic N) is 1. The number of aromatic nitrogens is 1. The van der Waals surface area contributed by atoms with Crippen molar-refractivity contribution < 1.29 is 8.78 Å². The number of hydrogen-bond acceptors (Lipinski definition) is 3. The largest absolute Gasteiger partial charge is 0.381 e. The van der Waals surface area contributed by atoms with Crippen LogP contribution in [0, 0.1) is 18.6 Å². The van der Waals surface area contributed by atoms with E-state index in [1.54, 1.807) is 0 Å². The Labute approximate surface area is 104 Å². The standard InChI is InChI=1S/C13H13F2N3/c1-8-3-2-4-9(5-8)7-17-13-11(15)6-10(14)12(16)18-13/h2-6H,7H2,1H3,(H3,16,17,18). The molecular formula is C13H13F2N3. The van der Waals surface area contributed by atoms with E-state index in [-0.39, 0.29) is 11.6 Å². The van der Waals surface area contributed by atoms with Gasteiger partial charge in [-0.05, 0) is 12.5 Å². The summed E-state index contributed by atoms with van der Waals surface area (Å²) >= 11 is 0. The normalized spacial score (nSPS) is 10.4. The van der Waals surface area contributed by atoms with Gasteiger partial charge in [0.25, 0.3) is 0 Å². The first kappa shape index (κ1) is 12.3. The molecule has 0 aliphatic carbocycles. The van der Waals surface area contributed by atoms with Crippen LogP contribution in [-0.2, 0) is 6.54 Å². The molecule has 0 radical (unpaired) electrons. The molecule has 0 bridgehead atoms. The molecule has 3 N–H and O–H groups in total. The lowest BCUT2D eigenvalue weighted by Crippen LogP contribution is -2.07. The summed E-state index contributed by atoms with van der Waals surface area (Å²) in [6, 6.07) is 8.48. The van der Waals surface area contributed by atoms with Gasteiger partial charge in [-0.1, -0.05) is 29.8 Å². The van der Waals surface area contributed by atoms with Crippen molar-refractivity contribution in [2.75, 3.05) is 11.1 Å². The number of hydrogen-bond donors (Lipinski definition) is 2. The molecule has 0 aliphatic rings. The molecule has 0 unspecified atom stereocenters. The lowest BCUT2D eigenvalue weighted by atomic mass is 10.1. The van der Waals surface area contributed by atoms with Crippen molar-refractivity contribution in [3.05, 3.63) is 53.1 Å². The van der Waals surface area contributed by atoms with Gasteiger partial charge in [0.05, 0.1) is 0 Å². The molecule has 0 amide bonds. The number of rotatable bonds is 3. The van der Waals surface area contributed by atoms with Crippen molar-refractivity contribution in [1.29, 1.82) is 0 Å². The molecule has 2 rings (SSSR count). The van der Waals surface area contributed by atoms with Gasteiger partial charge < -0.3 is 11.1 Å². The topological polar surface area (TPSA) is 50.9 Å². The summed E-state index contributed by atoms with van der Waals surface area (Å²) in [6.45, 7) is 2.37. The number of anilines is 2. The van der Waals surface area contributed by atoms with Crippen molar-refractivity contribution in [2.45, 2.75) is 13.5 Å². The minimum atomic E-state index is -0.853. The van der Waals surface area contributed by atoms with E-state index in [2.05, 4.69) is 10.3 Å². The van der Waals surface area contributed by atoms with Crippen LogP contribution in [0.15, 0.2) is 30.3 Å². The van der Waals surface area contributed by atoms with Crippen molar-refractivity contribution in [3.63, 3.8) is 0 Å². The Morgan fingerprint density at radius 1 is 1.22 bits per heavy atom. The first-order chi connectivity index (χ1) is 8.56. The SMILES string of the molecule is Cc1cccc(CNc2nc(N)c(F)cc2F)c1. The smallest absolute Gasteiger partial charge is 0.168 e. The Bertz CT molecular complexity index is 570. The van der Waals surface area contributed by atoms with Crippen molar-refractivity contribution in [2.24, 2.45) is 0 Å². The number of nitrogen functional groups attached to an aromatic ring is 1. The molecule has 0 saturated heterocycles. The molecule has 1 heterocycles. The molecule has 18 heavy (non-hydrogen) atoms. The van der Waals surface area contributed by atoms with E-state index >= 15 is 0 Å². The molecule has 0 spiro atoms. The first-order valence-corrected chi connectivity index (χ1v) is 5.47. The predicted molar refractivity (Wildman–Crippen MR) is 67.1 cm³/mol. The second kappa shape index (κ2) is 5.00. The maximum absolute atomic E-state index is 13.4. The molecule has 1 aromatic heterocycles. The van der Waals surface area contributed by atoms with E-state index in [1.165, 1.54) is 0 Å². The second-order valence-electron chi connectivity index (χ2n) is 4.03. The van der Waals surface area contributed by atoms with E-state index in [4.69, 9.17) is 5.73 Å². The Morgan fingerprint density at radius 3 is 2.72 bits per heavy atom. The number of pyridine rings is 1. The zero-order valence-corrected chi connectivity index (χ0v) is 9.87. The summed E-state index contributed by atoms with van der Waals surface area (Å²) in [5.74, 6) is -1.97. The average molecular weight is 249 g/mol. The molecular weight excluding hydrogens is 236 g/mol. The minimum Gasteiger partial charge on any atom is -0.381 e. The van der Waals surface area contributed by atoms with Crippen LogP contribution >= 0.6 is 0 Å². The lowest BCUT2D eigenvalue weighted by molar-refractivity contribution is 0.579. The van der Waals surface area contributed by atoms with Crippen LogP contribution in [-0.4, -0.2) is 4.98 Å². The van der Waals surface area contributed by atoms with Gasteiger partial charge in [-0.3, -0.25) is 0 Å². The van der Waals surface area contributed by atoms with E-state index in [1.807, 2.05) is 31.2 Å². The zero-order valence-electron chi connectivity index (χ0n) is 9.87. The molecule has 2 aromatic rings. The summed E-state index contributed by atoms with van der Waals surface area (Å²) in [6.07, 6.45) is 0. The number of nitrogens with one attached hydrogen (secondary N) is 1. The molecule has 5 heteroatoms. The third-order valence-corrected chi connectivity index (χ3v) is 2.50. The third kappa shape index (κ3) is 2.74. The van der Waals surface area contributed by atoms with Gasteiger partial charge in [0, 0.05) is 12.6 Å². The number of halogens is 2. The Kier molecular flexibility index (Phi) is 3.41. The van der Waals surface area contributed by atoms with Gasteiger partial charge in [-0.25, -0.2) is 13.8 Å². The van der Waals surface area contributed by atoms with Crippen LogP contribution in [0.3, 0.4) is 0 Å². The Hall–Kier alpha value is -2.17. The summed E-state index contributed by atoms with van der Waals surface area (Å²) in [7, 11) is 0. The maximum Gasteiger partial charge on any atom is 0.168 e. The fourth-order valence-corrected chi connectivity index (χ4v) is 1.61. The second-order valence-corrected chi connectivity index (χ2v) is 4.03. The van der Waals surface area contributed by atoms with E-state index in [0.717, 1.165) is 17.2 Å². The first-order valence-electron chi connectivity index (χ1n) is 5.47. The third-order valence-electron chi connectivity index (χ3n) is 2.50. The van der Waals surface area contributed by atoms with Gasteiger partial charge in [-0.15, -0.1) is 0 Å². The van der Waals surface area contributed by atoms with Gasteiger partial charge in [0.2, 0.25) is 0 Å². The van der Waals surface area contributed by atoms with Crippen LogP contribution in [0.5, 0.6) is 0 Å². The highest BCUT2D eigenvalue weighted by Crippen LogP contribution is 2.17. The predicted octanol–water partition coefficient (Wildman–Crippen LogP) is 2.86. The van der Waals surface area contributed by atoms with Crippen LogP contribution in [0.2, 0.25) is 0 Å². The molecule has 0 aliphatic heterocycles. The van der Waals surface area contributed by atoms with Crippen LogP contribution in [0.1, 0.15) is 11.1 Å². The summed E-state index contributed by atoms with van der Waals surface area (Å²) in [5.41, 5.74) is 7.39. The molecule has 94 valence electrons. The number of nitrogens with two attached hydrogens (primary N) is 1. The maximum atomic E-state index is 13.4. The molecule has 0 saturated carbocycles. The molecule has 1 aromatic carbocycles. The lowest BCUT2D eigenvalue weighted by Gasteiger charge is -2.08. The van der Waals surface area contributed by atoms with Gasteiger partial charge in [0.15, 0.2) is 23.3 Å². The highest BCUT2D eigenvalue weighted by Gasteiger charge is 2.09. The Balaban J connectivity index is 2.13. The molecule has 3 nitrogen and oxygen atoms in total. The number of aryl methyl sites for hydroxylation is 1. The van der Waals surface area contributed by atoms with E-state index in [9.17, 15) is 8.78 Å². The Morgan fingerprint density at radius 2 is 2.00 bits per heavy atom. The average Bonchev–Trinajstić information content (AvgIpc) is 2.32. The minimum absolute atomic E-state index is 0.0459. The summed E-state index contributed by atoms with van der Waals surface area (Å²) in [5, 5.41) is 2.79. The van der Waals surface area contributed by atoms with Crippen molar-refractivity contribution in [3.8, 4) is 0 Å². The van der Waals surface area contributed by atoms with Gasteiger partial charge >= 0.3 is 0 Å².